The van der Waals surface area contributed by atoms with Gasteiger partial charge in [-0.15, -0.1) is 0 Å². The second-order valence-electron chi connectivity index (χ2n) is 3.85. The van der Waals surface area contributed by atoms with Gasteiger partial charge in [-0.1, -0.05) is 30.3 Å². The molecule has 0 bridgehead atoms. The fraction of sp³-hybridized carbons (Fsp3) is 0.133. The third-order valence-electron chi connectivity index (χ3n) is 2.71. The molecule has 0 aliphatic heterocycles. The zero-order valence-electron chi connectivity index (χ0n) is 9.98. The van der Waals surface area contributed by atoms with Crippen molar-refractivity contribution in [3.05, 3.63) is 53.8 Å². The van der Waals surface area contributed by atoms with Crippen LogP contribution < -0.4 is 4.74 Å². The van der Waals surface area contributed by atoms with Crippen LogP contribution in [0.4, 0.5) is 4.39 Å². The molecule has 0 saturated carbocycles. The van der Waals surface area contributed by atoms with Crippen molar-refractivity contribution in [2.24, 2.45) is 0 Å². The molecule has 0 saturated heterocycles. The largest absolute Gasteiger partial charge is 0.496 e. The van der Waals surface area contributed by atoms with E-state index in [1.54, 1.807) is 30.3 Å². The molecule has 0 atom stereocenters. The van der Waals surface area contributed by atoms with Crippen molar-refractivity contribution in [2.45, 2.75) is 6.42 Å². The first kappa shape index (κ1) is 12.1. The van der Waals surface area contributed by atoms with Gasteiger partial charge in [0.05, 0.1) is 19.6 Å². The first-order valence-corrected chi connectivity index (χ1v) is 5.55. The van der Waals surface area contributed by atoms with Gasteiger partial charge < -0.3 is 4.74 Å². The Kier molecular flexibility index (Phi) is 3.59. The summed E-state index contributed by atoms with van der Waals surface area (Å²) in [6.45, 7) is 0. The van der Waals surface area contributed by atoms with Crippen molar-refractivity contribution in [3.63, 3.8) is 0 Å². The summed E-state index contributed by atoms with van der Waals surface area (Å²) in [5.41, 5.74) is 2.05. The topological polar surface area (TPSA) is 33.0 Å². The molecule has 90 valence electrons. The predicted molar refractivity (Wildman–Crippen MR) is 67.7 cm³/mol. The van der Waals surface area contributed by atoms with E-state index < -0.39 is 0 Å². The predicted octanol–water partition coefficient (Wildman–Crippen LogP) is 3.57. The maximum atomic E-state index is 13.7. The first-order chi connectivity index (χ1) is 8.76. The Bertz CT molecular complexity index is 602. The lowest BCUT2D eigenvalue weighted by atomic mass is 10.0. The zero-order valence-corrected chi connectivity index (χ0v) is 9.98. The molecule has 0 N–H and O–H groups in total. The van der Waals surface area contributed by atoms with Crippen LogP contribution in [0.3, 0.4) is 0 Å². The summed E-state index contributed by atoms with van der Waals surface area (Å²) in [5, 5.41) is 8.66. The molecule has 0 heterocycles. The Labute approximate surface area is 105 Å². The smallest absolute Gasteiger partial charge is 0.131 e. The van der Waals surface area contributed by atoms with Gasteiger partial charge in [0.25, 0.3) is 0 Å². The van der Waals surface area contributed by atoms with Crippen LogP contribution in [-0.4, -0.2) is 7.11 Å². The zero-order chi connectivity index (χ0) is 13.0. The number of halogens is 1. The van der Waals surface area contributed by atoms with Crippen LogP contribution in [0.15, 0.2) is 42.5 Å². The molecule has 2 rings (SSSR count). The monoisotopic (exact) mass is 241 g/mol. The maximum absolute atomic E-state index is 13.7. The minimum absolute atomic E-state index is 0.288. The van der Waals surface area contributed by atoms with Crippen molar-refractivity contribution < 1.29 is 9.13 Å². The highest BCUT2D eigenvalue weighted by Gasteiger charge is 2.10. The fourth-order valence-corrected chi connectivity index (χ4v) is 1.84. The van der Waals surface area contributed by atoms with Crippen molar-refractivity contribution in [2.75, 3.05) is 7.11 Å². The third-order valence-corrected chi connectivity index (χ3v) is 2.71. The average molecular weight is 241 g/mol. The molecule has 2 nitrogen and oxygen atoms in total. The van der Waals surface area contributed by atoms with E-state index in [1.165, 1.54) is 13.2 Å². The molecule has 0 radical (unpaired) electrons. The van der Waals surface area contributed by atoms with Crippen LogP contribution in [0, 0.1) is 17.1 Å². The van der Waals surface area contributed by atoms with E-state index in [0.717, 1.165) is 5.56 Å². The molecule has 2 aromatic rings. The molecule has 0 aromatic heterocycles. The molecule has 0 spiro atoms. The van der Waals surface area contributed by atoms with Gasteiger partial charge in [0, 0.05) is 11.1 Å². The Balaban J connectivity index is 2.52. The molecule has 0 aliphatic carbocycles. The lowest BCUT2D eigenvalue weighted by Gasteiger charge is -2.10. The summed E-state index contributed by atoms with van der Waals surface area (Å²) in [6.07, 6.45) is 0.313. The molecular formula is C15H12FNO. The van der Waals surface area contributed by atoms with Crippen LogP contribution in [0.2, 0.25) is 0 Å². The normalized spacial score (nSPS) is 9.83. The molecule has 18 heavy (non-hydrogen) atoms. The summed E-state index contributed by atoms with van der Waals surface area (Å²) in [7, 11) is 1.54. The van der Waals surface area contributed by atoms with Crippen LogP contribution in [0.25, 0.3) is 11.1 Å². The fourth-order valence-electron chi connectivity index (χ4n) is 1.84. The van der Waals surface area contributed by atoms with E-state index in [0.29, 0.717) is 23.3 Å². The van der Waals surface area contributed by atoms with Gasteiger partial charge in [-0.25, -0.2) is 4.39 Å². The van der Waals surface area contributed by atoms with Gasteiger partial charge in [-0.05, 0) is 17.7 Å². The Hall–Kier alpha value is -2.34. The van der Waals surface area contributed by atoms with Gasteiger partial charge in [0.1, 0.15) is 11.6 Å². The van der Waals surface area contributed by atoms with Crippen LogP contribution in [0.5, 0.6) is 5.75 Å². The maximum Gasteiger partial charge on any atom is 0.131 e. The van der Waals surface area contributed by atoms with E-state index in [4.69, 9.17) is 10.00 Å². The first-order valence-electron chi connectivity index (χ1n) is 5.55. The Morgan fingerprint density at radius 1 is 1.17 bits per heavy atom. The number of methoxy groups -OCH3 is 1. The summed E-state index contributed by atoms with van der Waals surface area (Å²) in [6, 6.07) is 14.0. The number of nitrogens with zero attached hydrogens (tertiary/aromatic N) is 1. The molecule has 0 unspecified atom stereocenters. The Morgan fingerprint density at radius 3 is 2.61 bits per heavy atom. The quantitative estimate of drug-likeness (QED) is 0.823. The van der Waals surface area contributed by atoms with E-state index >= 15 is 0 Å². The van der Waals surface area contributed by atoms with Gasteiger partial charge in [-0.3, -0.25) is 0 Å². The molecular weight excluding hydrogens is 229 g/mol. The van der Waals surface area contributed by atoms with E-state index in [9.17, 15) is 4.39 Å². The van der Waals surface area contributed by atoms with Crippen LogP contribution in [-0.2, 0) is 6.42 Å². The average Bonchev–Trinajstić information content (AvgIpc) is 2.40. The van der Waals surface area contributed by atoms with Gasteiger partial charge in [0.2, 0.25) is 0 Å². The van der Waals surface area contributed by atoms with E-state index in [2.05, 4.69) is 6.07 Å². The second kappa shape index (κ2) is 5.33. The molecule has 0 aliphatic rings. The summed E-state index contributed by atoms with van der Waals surface area (Å²) < 4.78 is 19.0. The van der Waals surface area contributed by atoms with Gasteiger partial charge >= 0.3 is 0 Å². The molecule has 2 aromatic carbocycles. The number of hydrogen-bond acceptors (Lipinski definition) is 2. The van der Waals surface area contributed by atoms with Crippen molar-refractivity contribution in [1.82, 2.24) is 0 Å². The molecule has 0 fully saturated rings. The molecule has 0 amide bonds. The second-order valence-corrected chi connectivity index (χ2v) is 3.85. The summed E-state index contributed by atoms with van der Waals surface area (Å²) in [4.78, 5) is 0. The van der Waals surface area contributed by atoms with Crippen molar-refractivity contribution in [3.8, 4) is 22.9 Å². The Morgan fingerprint density at radius 2 is 1.94 bits per heavy atom. The van der Waals surface area contributed by atoms with Crippen molar-refractivity contribution >= 4 is 0 Å². The number of nitriles is 1. The third kappa shape index (κ3) is 2.33. The lowest BCUT2D eigenvalue weighted by molar-refractivity contribution is 0.415. The number of ether oxygens (including phenoxy) is 1. The SMILES string of the molecule is COc1cc(CC#N)ccc1-c1ccccc1F. The van der Waals surface area contributed by atoms with Gasteiger partial charge in [0.15, 0.2) is 0 Å². The number of hydrogen-bond donors (Lipinski definition) is 0. The number of rotatable bonds is 3. The van der Waals surface area contributed by atoms with Crippen molar-refractivity contribution in [1.29, 1.82) is 5.26 Å². The highest BCUT2D eigenvalue weighted by molar-refractivity contribution is 5.71. The minimum Gasteiger partial charge on any atom is -0.496 e. The summed E-state index contributed by atoms with van der Waals surface area (Å²) >= 11 is 0. The van der Waals surface area contributed by atoms with E-state index in [1.807, 2.05) is 6.07 Å². The van der Waals surface area contributed by atoms with Crippen LogP contribution >= 0.6 is 0 Å². The highest BCUT2D eigenvalue weighted by atomic mass is 19.1. The van der Waals surface area contributed by atoms with Gasteiger partial charge in [-0.2, -0.15) is 5.26 Å². The van der Waals surface area contributed by atoms with E-state index in [-0.39, 0.29) is 5.82 Å². The number of benzene rings is 2. The highest BCUT2D eigenvalue weighted by Crippen LogP contribution is 2.32. The molecule has 3 heteroatoms. The minimum atomic E-state index is -0.288. The lowest BCUT2D eigenvalue weighted by Crippen LogP contribution is -1.92. The standard InChI is InChI=1S/C15H12FNO/c1-18-15-10-11(8-9-17)6-7-13(15)12-4-2-3-5-14(12)16/h2-7,10H,8H2,1H3. The summed E-state index contributed by atoms with van der Waals surface area (Å²) in [5.74, 6) is 0.289. The van der Waals surface area contributed by atoms with Crippen LogP contribution in [0.1, 0.15) is 5.56 Å².